The van der Waals surface area contributed by atoms with Crippen molar-refractivity contribution in [2.24, 2.45) is 13.0 Å². The molecule has 0 spiro atoms. The predicted octanol–water partition coefficient (Wildman–Crippen LogP) is 3.51. The maximum atomic E-state index is 13.5. The Hall–Kier alpha value is -4.01. The molecule has 0 atom stereocenters. The zero-order valence-electron chi connectivity index (χ0n) is 21.3. The molecule has 0 radical (unpaired) electrons. The van der Waals surface area contributed by atoms with Crippen LogP contribution in [-0.4, -0.2) is 45.5 Å². The standard InChI is InChI=1S/C28H30FN5O3/c1-17-23(18(2)32(3)31-17)16-34-27(36)22-5-4-6-24(25(22)28(34)37)33-13-11-20(12-14-33)26(35)30-15-19-7-9-21(29)10-8-19/h4-10,20H,11-16H2,1-3H3,(H,30,35). The van der Waals surface area contributed by atoms with Crippen molar-refractivity contribution < 1.29 is 18.8 Å². The number of aromatic nitrogens is 2. The normalized spacial score (nSPS) is 15.9. The van der Waals surface area contributed by atoms with Gasteiger partial charge >= 0.3 is 0 Å². The quantitative estimate of drug-likeness (QED) is 0.521. The van der Waals surface area contributed by atoms with Crippen molar-refractivity contribution >= 4 is 23.4 Å². The van der Waals surface area contributed by atoms with Crippen molar-refractivity contribution in [2.45, 2.75) is 39.8 Å². The molecule has 2 aliphatic rings. The van der Waals surface area contributed by atoms with Crippen molar-refractivity contribution in [3.8, 4) is 0 Å². The first-order chi connectivity index (χ1) is 17.7. The summed E-state index contributed by atoms with van der Waals surface area (Å²) in [6.07, 6.45) is 1.28. The molecular formula is C28H30FN5O3. The van der Waals surface area contributed by atoms with Gasteiger partial charge in [-0.2, -0.15) is 5.10 Å². The Morgan fingerprint density at radius 2 is 1.76 bits per heavy atom. The molecule has 1 fully saturated rings. The third-order valence-corrected chi connectivity index (χ3v) is 7.54. The fourth-order valence-electron chi connectivity index (χ4n) is 5.25. The topological polar surface area (TPSA) is 87.5 Å². The zero-order valence-corrected chi connectivity index (χ0v) is 21.3. The Kier molecular flexibility index (Phi) is 6.54. The number of rotatable bonds is 6. The minimum absolute atomic E-state index is 0.0260. The molecule has 5 rings (SSSR count). The van der Waals surface area contributed by atoms with Gasteiger partial charge in [-0.15, -0.1) is 0 Å². The zero-order chi connectivity index (χ0) is 26.3. The molecule has 0 aliphatic carbocycles. The average molecular weight is 504 g/mol. The van der Waals surface area contributed by atoms with E-state index >= 15 is 0 Å². The number of halogens is 1. The molecule has 3 amide bonds. The van der Waals surface area contributed by atoms with Crippen LogP contribution < -0.4 is 10.2 Å². The maximum Gasteiger partial charge on any atom is 0.263 e. The van der Waals surface area contributed by atoms with Gasteiger partial charge in [0.1, 0.15) is 5.82 Å². The van der Waals surface area contributed by atoms with Gasteiger partial charge in [0.25, 0.3) is 11.8 Å². The molecule has 2 aliphatic heterocycles. The highest BCUT2D eigenvalue weighted by Gasteiger charge is 2.39. The van der Waals surface area contributed by atoms with E-state index in [0.717, 1.165) is 28.2 Å². The highest BCUT2D eigenvalue weighted by atomic mass is 19.1. The molecule has 3 heterocycles. The van der Waals surface area contributed by atoms with Crippen LogP contribution in [0.25, 0.3) is 0 Å². The molecule has 37 heavy (non-hydrogen) atoms. The van der Waals surface area contributed by atoms with Crippen molar-refractivity contribution in [1.29, 1.82) is 0 Å². The number of carbonyl (C=O) groups is 3. The Balaban J connectivity index is 1.26. The minimum Gasteiger partial charge on any atom is -0.371 e. The molecule has 0 bridgehead atoms. The molecule has 192 valence electrons. The van der Waals surface area contributed by atoms with E-state index in [1.165, 1.54) is 17.0 Å². The van der Waals surface area contributed by atoms with Crippen LogP contribution in [0.2, 0.25) is 0 Å². The molecule has 9 heteroatoms. The SMILES string of the molecule is Cc1nn(C)c(C)c1CN1C(=O)c2cccc(N3CCC(C(=O)NCc4ccc(F)cc4)CC3)c2C1=O. The van der Waals surface area contributed by atoms with Crippen LogP contribution >= 0.6 is 0 Å². The van der Waals surface area contributed by atoms with Crippen molar-refractivity contribution in [1.82, 2.24) is 20.0 Å². The molecule has 0 unspecified atom stereocenters. The van der Waals surface area contributed by atoms with E-state index in [9.17, 15) is 18.8 Å². The molecule has 2 aromatic carbocycles. The summed E-state index contributed by atoms with van der Waals surface area (Å²) in [6.45, 7) is 5.56. The van der Waals surface area contributed by atoms with E-state index in [4.69, 9.17) is 0 Å². The van der Waals surface area contributed by atoms with Gasteiger partial charge < -0.3 is 10.2 Å². The number of carbonyl (C=O) groups excluding carboxylic acids is 3. The number of amides is 3. The van der Waals surface area contributed by atoms with Crippen LogP contribution in [0.3, 0.4) is 0 Å². The van der Waals surface area contributed by atoms with E-state index in [0.29, 0.717) is 43.6 Å². The first-order valence-electron chi connectivity index (χ1n) is 12.5. The van der Waals surface area contributed by atoms with Crippen LogP contribution in [-0.2, 0) is 24.9 Å². The second-order valence-electron chi connectivity index (χ2n) is 9.77. The minimum atomic E-state index is -0.305. The maximum absolute atomic E-state index is 13.5. The molecular weight excluding hydrogens is 473 g/mol. The van der Waals surface area contributed by atoms with E-state index in [1.54, 1.807) is 22.9 Å². The summed E-state index contributed by atoms with van der Waals surface area (Å²) < 4.78 is 14.9. The third-order valence-electron chi connectivity index (χ3n) is 7.54. The summed E-state index contributed by atoms with van der Waals surface area (Å²) in [7, 11) is 1.85. The lowest BCUT2D eigenvalue weighted by Crippen LogP contribution is -2.41. The first kappa shape index (κ1) is 24.7. The molecule has 1 aromatic heterocycles. The number of fused-ring (bicyclic) bond motifs is 1. The summed E-state index contributed by atoms with van der Waals surface area (Å²) in [5, 5.41) is 7.35. The largest absolute Gasteiger partial charge is 0.371 e. The summed E-state index contributed by atoms with van der Waals surface area (Å²) in [5.74, 6) is -1.06. The summed E-state index contributed by atoms with van der Waals surface area (Å²) in [4.78, 5) is 42.8. The number of imide groups is 1. The second-order valence-corrected chi connectivity index (χ2v) is 9.77. The smallest absolute Gasteiger partial charge is 0.263 e. The Morgan fingerprint density at radius 1 is 1.05 bits per heavy atom. The fraction of sp³-hybridized carbons (Fsp3) is 0.357. The van der Waals surface area contributed by atoms with E-state index in [2.05, 4.69) is 15.3 Å². The average Bonchev–Trinajstić information content (AvgIpc) is 3.29. The van der Waals surface area contributed by atoms with E-state index in [1.807, 2.05) is 33.0 Å². The summed E-state index contributed by atoms with van der Waals surface area (Å²) in [6, 6.07) is 11.5. The highest BCUT2D eigenvalue weighted by molar-refractivity contribution is 6.23. The van der Waals surface area contributed by atoms with Crippen LogP contribution in [0.15, 0.2) is 42.5 Å². The van der Waals surface area contributed by atoms with Gasteiger partial charge in [0.15, 0.2) is 0 Å². The molecule has 3 aromatic rings. The second kappa shape index (κ2) is 9.80. The third kappa shape index (κ3) is 4.61. The van der Waals surface area contributed by atoms with Crippen LogP contribution in [0, 0.1) is 25.6 Å². The van der Waals surface area contributed by atoms with Gasteiger partial charge in [-0.1, -0.05) is 18.2 Å². The first-order valence-corrected chi connectivity index (χ1v) is 12.5. The molecule has 0 saturated carbocycles. The number of nitrogens with one attached hydrogen (secondary N) is 1. The molecule has 1 N–H and O–H groups in total. The van der Waals surface area contributed by atoms with Gasteiger partial charge in [0.2, 0.25) is 5.91 Å². The van der Waals surface area contributed by atoms with Gasteiger partial charge in [0, 0.05) is 43.9 Å². The van der Waals surface area contributed by atoms with E-state index in [-0.39, 0.29) is 36.0 Å². The monoisotopic (exact) mass is 503 g/mol. The summed E-state index contributed by atoms with van der Waals surface area (Å²) in [5.41, 5.74) is 5.04. The van der Waals surface area contributed by atoms with Crippen LogP contribution in [0.4, 0.5) is 10.1 Å². The predicted molar refractivity (Wildman–Crippen MR) is 137 cm³/mol. The van der Waals surface area contributed by atoms with Gasteiger partial charge in [0.05, 0.1) is 29.1 Å². The number of aryl methyl sites for hydroxylation is 2. The Bertz CT molecular complexity index is 1370. The van der Waals surface area contributed by atoms with Gasteiger partial charge in [-0.3, -0.25) is 24.0 Å². The highest BCUT2D eigenvalue weighted by Crippen LogP contribution is 2.35. The Morgan fingerprint density at radius 3 is 2.41 bits per heavy atom. The number of benzene rings is 2. The number of hydrogen-bond donors (Lipinski definition) is 1. The van der Waals surface area contributed by atoms with Gasteiger partial charge in [-0.25, -0.2) is 4.39 Å². The number of hydrogen-bond acceptors (Lipinski definition) is 5. The summed E-state index contributed by atoms with van der Waals surface area (Å²) >= 11 is 0. The Labute approximate surface area is 215 Å². The molecule has 1 saturated heterocycles. The van der Waals surface area contributed by atoms with Gasteiger partial charge in [-0.05, 0) is 56.5 Å². The lowest BCUT2D eigenvalue weighted by molar-refractivity contribution is -0.125. The van der Waals surface area contributed by atoms with Crippen molar-refractivity contribution in [2.75, 3.05) is 18.0 Å². The lowest BCUT2D eigenvalue weighted by Gasteiger charge is -2.33. The fourth-order valence-corrected chi connectivity index (χ4v) is 5.25. The van der Waals surface area contributed by atoms with Crippen molar-refractivity contribution in [3.63, 3.8) is 0 Å². The number of anilines is 1. The van der Waals surface area contributed by atoms with E-state index < -0.39 is 0 Å². The number of nitrogens with zero attached hydrogens (tertiary/aromatic N) is 4. The molecule has 8 nitrogen and oxygen atoms in total. The van der Waals surface area contributed by atoms with Crippen LogP contribution in [0.1, 0.15) is 56.1 Å². The van der Waals surface area contributed by atoms with Crippen molar-refractivity contribution in [3.05, 3.63) is 81.9 Å². The number of piperidine rings is 1. The van der Waals surface area contributed by atoms with Crippen LogP contribution in [0.5, 0.6) is 0 Å². The lowest BCUT2D eigenvalue weighted by atomic mass is 9.94.